The summed E-state index contributed by atoms with van der Waals surface area (Å²) in [7, 11) is -4.14. The first kappa shape index (κ1) is 20.2. The van der Waals surface area contributed by atoms with Crippen molar-refractivity contribution in [2.24, 2.45) is 0 Å². The SMILES string of the molecule is CCC(C)OP(=O)(O)Oc1ccc(C(C)(C)C)cc1C(C)(C)C. The Kier molecular flexibility index (Phi) is 6.12. The molecule has 2 atom stereocenters. The van der Waals surface area contributed by atoms with Gasteiger partial charge in [0.2, 0.25) is 0 Å². The highest BCUT2D eigenvalue weighted by Crippen LogP contribution is 2.48. The minimum absolute atomic E-state index is 0.00529. The first-order valence-corrected chi connectivity index (χ1v) is 9.61. The summed E-state index contributed by atoms with van der Waals surface area (Å²) in [5, 5.41) is 0. The van der Waals surface area contributed by atoms with E-state index < -0.39 is 7.82 Å². The first-order valence-electron chi connectivity index (χ1n) is 8.12. The molecule has 0 amide bonds. The summed E-state index contributed by atoms with van der Waals surface area (Å²) in [6.45, 7) is 16.2. The molecule has 1 N–H and O–H groups in total. The fourth-order valence-corrected chi connectivity index (χ4v) is 3.16. The van der Waals surface area contributed by atoms with Gasteiger partial charge in [-0.25, -0.2) is 4.57 Å². The van der Waals surface area contributed by atoms with Crippen LogP contribution in [0.15, 0.2) is 18.2 Å². The molecule has 2 unspecified atom stereocenters. The van der Waals surface area contributed by atoms with Crippen molar-refractivity contribution < 1.29 is 18.5 Å². The van der Waals surface area contributed by atoms with E-state index in [9.17, 15) is 9.46 Å². The van der Waals surface area contributed by atoms with Gasteiger partial charge in [0, 0.05) is 5.56 Å². The Morgan fingerprint density at radius 1 is 1.13 bits per heavy atom. The van der Waals surface area contributed by atoms with E-state index in [4.69, 9.17) is 9.05 Å². The molecule has 0 saturated carbocycles. The van der Waals surface area contributed by atoms with Gasteiger partial charge in [0.25, 0.3) is 0 Å². The number of phosphoric acid groups is 1. The van der Waals surface area contributed by atoms with Gasteiger partial charge in [-0.1, -0.05) is 60.6 Å². The quantitative estimate of drug-likeness (QED) is 0.710. The van der Waals surface area contributed by atoms with E-state index in [0.717, 1.165) is 11.1 Å². The summed E-state index contributed by atoms with van der Waals surface area (Å²) < 4.78 is 22.8. The summed E-state index contributed by atoms with van der Waals surface area (Å²) in [5.74, 6) is 0.402. The standard InChI is InChI=1S/C18H31O4P/c1-9-13(2)21-23(19,20)22-16-11-10-14(17(3,4)5)12-15(16)18(6,7)8/h10-13H,9H2,1-8H3,(H,19,20). The Morgan fingerprint density at radius 3 is 2.13 bits per heavy atom. The average Bonchev–Trinajstić information content (AvgIpc) is 2.35. The Balaban J connectivity index is 3.24. The molecule has 132 valence electrons. The molecule has 0 fully saturated rings. The van der Waals surface area contributed by atoms with Crippen molar-refractivity contribution >= 4 is 7.82 Å². The number of hydrogen-bond donors (Lipinski definition) is 1. The molecule has 0 aliphatic carbocycles. The number of phosphoric ester groups is 1. The third-order valence-electron chi connectivity index (χ3n) is 3.76. The maximum atomic E-state index is 12.2. The number of rotatable bonds is 5. The van der Waals surface area contributed by atoms with Gasteiger partial charge in [-0.15, -0.1) is 0 Å². The molecular weight excluding hydrogens is 311 g/mol. The van der Waals surface area contributed by atoms with Crippen molar-refractivity contribution in [3.63, 3.8) is 0 Å². The van der Waals surface area contributed by atoms with Gasteiger partial charge in [-0.2, -0.15) is 0 Å². The largest absolute Gasteiger partial charge is 0.527 e. The average molecular weight is 342 g/mol. The second kappa shape index (κ2) is 6.96. The predicted octanol–water partition coefficient (Wildman–Crippen LogP) is 5.58. The summed E-state index contributed by atoms with van der Waals surface area (Å²) in [4.78, 5) is 10.00. The number of benzene rings is 1. The lowest BCUT2D eigenvalue weighted by molar-refractivity contribution is 0.146. The minimum Gasteiger partial charge on any atom is -0.404 e. The molecule has 1 aromatic carbocycles. The fourth-order valence-electron chi connectivity index (χ4n) is 2.11. The lowest BCUT2D eigenvalue weighted by Gasteiger charge is -2.28. The highest BCUT2D eigenvalue weighted by Gasteiger charge is 2.30. The monoisotopic (exact) mass is 342 g/mol. The highest BCUT2D eigenvalue weighted by molar-refractivity contribution is 7.47. The summed E-state index contributed by atoms with van der Waals surface area (Å²) in [6, 6.07) is 5.76. The second-order valence-corrected chi connectivity index (χ2v) is 9.43. The van der Waals surface area contributed by atoms with Gasteiger partial charge in [-0.3, -0.25) is 9.42 Å². The third-order valence-corrected chi connectivity index (χ3v) is 4.81. The van der Waals surface area contributed by atoms with Gasteiger partial charge >= 0.3 is 7.82 Å². The fraction of sp³-hybridized carbons (Fsp3) is 0.667. The van der Waals surface area contributed by atoms with Crippen LogP contribution in [-0.4, -0.2) is 11.0 Å². The summed E-state index contributed by atoms with van der Waals surface area (Å²) in [5.41, 5.74) is 1.83. The Hall–Kier alpha value is -0.830. The van der Waals surface area contributed by atoms with E-state index in [1.54, 1.807) is 13.0 Å². The molecule has 0 bridgehead atoms. The van der Waals surface area contributed by atoms with Gasteiger partial charge in [0.1, 0.15) is 5.75 Å². The van der Waals surface area contributed by atoms with E-state index in [-0.39, 0.29) is 16.9 Å². The molecule has 1 aromatic rings. The van der Waals surface area contributed by atoms with Gasteiger partial charge in [0.05, 0.1) is 6.10 Å². The van der Waals surface area contributed by atoms with Crippen molar-refractivity contribution in [2.45, 2.75) is 78.7 Å². The second-order valence-electron chi connectivity index (χ2n) is 8.10. The topological polar surface area (TPSA) is 55.8 Å². The predicted molar refractivity (Wildman–Crippen MR) is 95.1 cm³/mol. The first-order chi connectivity index (χ1) is 10.3. The zero-order valence-electron chi connectivity index (χ0n) is 15.6. The van der Waals surface area contributed by atoms with E-state index >= 15 is 0 Å². The molecule has 0 aromatic heterocycles. The Bertz CT molecular complexity index is 582. The molecule has 1 rings (SSSR count). The Labute approximate surface area is 140 Å². The molecule has 0 radical (unpaired) electrons. The maximum Gasteiger partial charge on any atom is 0.527 e. The van der Waals surface area contributed by atoms with Crippen LogP contribution in [0.25, 0.3) is 0 Å². The highest BCUT2D eigenvalue weighted by atomic mass is 31.2. The van der Waals surface area contributed by atoms with Crippen LogP contribution in [0.5, 0.6) is 5.75 Å². The van der Waals surface area contributed by atoms with Crippen molar-refractivity contribution in [1.82, 2.24) is 0 Å². The van der Waals surface area contributed by atoms with Crippen LogP contribution < -0.4 is 4.52 Å². The van der Waals surface area contributed by atoms with Crippen molar-refractivity contribution in [3.8, 4) is 5.75 Å². The van der Waals surface area contributed by atoms with Crippen molar-refractivity contribution in [2.75, 3.05) is 0 Å². The lowest BCUT2D eigenvalue weighted by atomic mass is 9.80. The van der Waals surface area contributed by atoms with Crippen LogP contribution >= 0.6 is 7.82 Å². The van der Waals surface area contributed by atoms with Crippen LogP contribution in [0, 0.1) is 0 Å². The third kappa shape index (κ3) is 5.95. The van der Waals surface area contributed by atoms with E-state index in [1.165, 1.54) is 0 Å². The van der Waals surface area contributed by atoms with E-state index in [1.807, 2.05) is 13.0 Å². The van der Waals surface area contributed by atoms with Crippen LogP contribution in [0.3, 0.4) is 0 Å². The minimum atomic E-state index is -4.14. The molecule has 5 heteroatoms. The lowest BCUT2D eigenvalue weighted by Crippen LogP contribution is -2.18. The molecule has 0 aliphatic heterocycles. The molecule has 0 aliphatic rings. The van der Waals surface area contributed by atoms with Crippen molar-refractivity contribution in [1.29, 1.82) is 0 Å². The smallest absolute Gasteiger partial charge is 0.404 e. The molecule has 23 heavy (non-hydrogen) atoms. The van der Waals surface area contributed by atoms with E-state index in [0.29, 0.717) is 12.2 Å². The summed E-state index contributed by atoms with van der Waals surface area (Å²) >= 11 is 0. The zero-order chi connectivity index (χ0) is 18.1. The van der Waals surface area contributed by atoms with E-state index in [2.05, 4.69) is 47.6 Å². The van der Waals surface area contributed by atoms with Crippen LogP contribution in [0.2, 0.25) is 0 Å². The number of hydrogen-bond acceptors (Lipinski definition) is 3. The molecule has 0 spiro atoms. The van der Waals surface area contributed by atoms with Crippen LogP contribution in [0.1, 0.15) is 72.9 Å². The van der Waals surface area contributed by atoms with Crippen LogP contribution in [-0.2, 0) is 19.9 Å². The molecular formula is C18H31O4P. The molecule has 0 heterocycles. The van der Waals surface area contributed by atoms with Gasteiger partial charge in [-0.05, 0) is 35.8 Å². The van der Waals surface area contributed by atoms with Gasteiger partial charge < -0.3 is 4.52 Å². The molecule has 0 saturated heterocycles. The molecule has 4 nitrogen and oxygen atoms in total. The maximum absolute atomic E-state index is 12.2. The summed E-state index contributed by atoms with van der Waals surface area (Å²) in [6.07, 6.45) is 0.306. The Morgan fingerprint density at radius 2 is 1.70 bits per heavy atom. The van der Waals surface area contributed by atoms with Crippen molar-refractivity contribution in [3.05, 3.63) is 29.3 Å². The normalized spacial score (nSPS) is 16.7. The van der Waals surface area contributed by atoms with Crippen LogP contribution in [0.4, 0.5) is 0 Å². The zero-order valence-corrected chi connectivity index (χ0v) is 16.5. The van der Waals surface area contributed by atoms with Gasteiger partial charge in [0.15, 0.2) is 0 Å².